The second-order valence-corrected chi connectivity index (χ2v) is 5.89. The minimum atomic E-state index is -4.99. The van der Waals surface area contributed by atoms with Gasteiger partial charge in [0.15, 0.2) is 0 Å². The number of nitrogens with zero attached hydrogens (tertiary/aromatic N) is 2. The molecule has 2 rings (SSSR count). The maximum Gasteiger partial charge on any atom is 0.438 e. The maximum absolute atomic E-state index is 13.3. The molecule has 0 radical (unpaired) electrons. The summed E-state index contributed by atoms with van der Waals surface area (Å²) in [6, 6.07) is 6.88. The second kappa shape index (κ2) is 5.96. The van der Waals surface area contributed by atoms with E-state index in [9.17, 15) is 23.1 Å². The summed E-state index contributed by atoms with van der Waals surface area (Å²) in [7, 11) is 0. The third-order valence-electron chi connectivity index (χ3n) is 3.84. The molecule has 1 N–H and O–H groups in total. The van der Waals surface area contributed by atoms with Gasteiger partial charge in [-0.25, -0.2) is 0 Å². The standard InChI is InChI=1S/C16H19F3N2O2/c1-4-11-5-7-12(8-6-11)13-9-15(23,16(17,18)19)21(20-13)14(22)10(2)3/h5-8,10,23H,4,9H2,1-3H3/t15-/m1/s1. The van der Waals surface area contributed by atoms with Crippen molar-refractivity contribution in [2.45, 2.75) is 45.5 Å². The average Bonchev–Trinajstić information content (AvgIpc) is 2.85. The average molecular weight is 328 g/mol. The Morgan fingerprint density at radius 2 is 1.91 bits per heavy atom. The van der Waals surface area contributed by atoms with Gasteiger partial charge in [0, 0.05) is 5.92 Å². The fourth-order valence-electron chi connectivity index (χ4n) is 2.34. The Hall–Kier alpha value is -1.89. The summed E-state index contributed by atoms with van der Waals surface area (Å²) in [5, 5.41) is 14.1. The summed E-state index contributed by atoms with van der Waals surface area (Å²) >= 11 is 0. The van der Waals surface area contributed by atoms with Gasteiger partial charge in [0.1, 0.15) is 0 Å². The van der Waals surface area contributed by atoms with E-state index < -0.39 is 30.1 Å². The van der Waals surface area contributed by atoms with Crippen molar-refractivity contribution in [2.75, 3.05) is 0 Å². The van der Waals surface area contributed by atoms with E-state index >= 15 is 0 Å². The van der Waals surface area contributed by atoms with E-state index in [1.54, 1.807) is 24.3 Å². The SMILES string of the molecule is CCc1ccc(C2=NN(C(=O)C(C)C)[C@](O)(C(F)(F)F)C2)cc1. The topological polar surface area (TPSA) is 52.9 Å². The summed E-state index contributed by atoms with van der Waals surface area (Å²) in [6.45, 7) is 4.89. The minimum absolute atomic E-state index is 0.0430. The highest BCUT2D eigenvalue weighted by Crippen LogP contribution is 2.41. The quantitative estimate of drug-likeness (QED) is 0.927. The van der Waals surface area contributed by atoms with Crippen LogP contribution in [-0.2, 0) is 11.2 Å². The summed E-state index contributed by atoms with van der Waals surface area (Å²) in [6.07, 6.45) is -4.97. The third-order valence-corrected chi connectivity index (χ3v) is 3.84. The van der Waals surface area contributed by atoms with E-state index in [1.165, 1.54) is 13.8 Å². The monoisotopic (exact) mass is 328 g/mol. The van der Waals surface area contributed by atoms with E-state index in [1.807, 2.05) is 6.92 Å². The first-order valence-electron chi connectivity index (χ1n) is 7.40. The van der Waals surface area contributed by atoms with Crippen molar-refractivity contribution in [1.29, 1.82) is 0 Å². The van der Waals surface area contributed by atoms with Crippen molar-refractivity contribution >= 4 is 11.6 Å². The molecule has 7 heteroatoms. The van der Waals surface area contributed by atoms with Crippen LogP contribution in [0.15, 0.2) is 29.4 Å². The van der Waals surface area contributed by atoms with Crippen LogP contribution < -0.4 is 0 Å². The molecule has 0 spiro atoms. The highest BCUT2D eigenvalue weighted by molar-refractivity contribution is 6.03. The van der Waals surface area contributed by atoms with Crippen LogP contribution in [0.1, 0.15) is 38.3 Å². The lowest BCUT2D eigenvalue weighted by atomic mass is 9.99. The zero-order chi connectivity index (χ0) is 17.4. The van der Waals surface area contributed by atoms with Gasteiger partial charge >= 0.3 is 6.18 Å². The highest BCUT2D eigenvalue weighted by Gasteiger charge is 2.63. The number of halogens is 3. The largest absolute Gasteiger partial charge is 0.438 e. The Morgan fingerprint density at radius 1 is 1.35 bits per heavy atom. The molecule has 1 aromatic carbocycles. The van der Waals surface area contributed by atoms with Gasteiger partial charge in [0.2, 0.25) is 5.91 Å². The van der Waals surface area contributed by atoms with E-state index in [0.717, 1.165) is 12.0 Å². The molecular formula is C16H19F3N2O2. The van der Waals surface area contributed by atoms with Crippen LogP contribution in [0.3, 0.4) is 0 Å². The molecular weight excluding hydrogens is 309 g/mol. The fourth-order valence-corrected chi connectivity index (χ4v) is 2.34. The van der Waals surface area contributed by atoms with Gasteiger partial charge in [-0.3, -0.25) is 4.79 Å². The Morgan fingerprint density at radius 3 is 2.35 bits per heavy atom. The molecule has 0 unspecified atom stereocenters. The number of alkyl halides is 3. The van der Waals surface area contributed by atoms with Crippen LogP contribution in [-0.4, -0.2) is 33.6 Å². The first-order valence-corrected chi connectivity index (χ1v) is 7.40. The van der Waals surface area contributed by atoms with Crippen LogP contribution >= 0.6 is 0 Å². The smallest absolute Gasteiger partial charge is 0.362 e. The highest BCUT2D eigenvalue weighted by atomic mass is 19.4. The molecule has 1 aliphatic heterocycles. The number of rotatable bonds is 3. The number of carbonyl (C=O) groups excluding carboxylic acids is 1. The van der Waals surface area contributed by atoms with Crippen LogP contribution in [0.25, 0.3) is 0 Å². The molecule has 4 nitrogen and oxygen atoms in total. The van der Waals surface area contributed by atoms with Gasteiger partial charge in [-0.05, 0) is 17.5 Å². The zero-order valence-electron chi connectivity index (χ0n) is 13.2. The zero-order valence-corrected chi connectivity index (χ0v) is 13.2. The van der Waals surface area contributed by atoms with Crippen molar-refractivity contribution in [3.05, 3.63) is 35.4 Å². The number of hydrogen-bond donors (Lipinski definition) is 1. The van der Waals surface area contributed by atoms with Crippen LogP contribution in [0, 0.1) is 5.92 Å². The maximum atomic E-state index is 13.3. The molecule has 0 fully saturated rings. The second-order valence-electron chi connectivity index (χ2n) is 5.89. The van der Waals surface area contributed by atoms with Crippen molar-refractivity contribution in [2.24, 2.45) is 11.0 Å². The molecule has 1 aliphatic rings. The summed E-state index contributed by atoms with van der Waals surface area (Å²) in [4.78, 5) is 12.0. The Bertz CT molecular complexity index is 623. The summed E-state index contributed by atoms with van der Waals surface area (Å²) in [5.41, 5.74) is -1.76. The normalized spacial score (nSPS) is 21.7. The van der Waals surface area contributed by atoms with Crippen LogP contribution in [0.2, 0.25) is 0 Å². The van der Waals surface area contributed by atoms with Gasteiger partial charge < -0.3 is 5.11 Å². The Balaban J connectivity index is 2.42. The van der Waals surface area contributed by atoms with E-state index in [4.69, 9.17) is 0 Å². The number of aryl methyl sites for hydroxylation is 1. The summed E-state index contributed by atoms with van der Waals surface area (Å²) < 4.78 is 39.9. The number of amides is 1. The number of hydrazone groups is 1. The first-order chi connectivity index (χ1) is 10.6. The molecule has 0 bridgehead atoms. The Labute approximate surface area is 132 Å². The molecule has 126 valence electrons. The third kappa shape index (κ3) is 3.10. The van der Waals surface area contributed by atoms with E-state index in [0.29, 0.717) is 5.56 Å². The van der Waals surface area contributed by atoms with E-state index in [-0.39, 0.29) is 10.7 Å². The number of aliphatic hydroxyl groups is 1. The van der Waals surface area contributed by atoms with E-state index in [2.05, 4.69) is 5.10 Å². The fraction of sp³-hybridized carbons (Fsp3) is 0.500. The number of hydrogen-bond acceptors (Lipinski definition) is 3. The number of carbonyl (C=O) groups is 1. The molecule has 1 amide bonds. The first kappa shape index (κ1) is 17.5. The number of benzene rings is 1. The van der Waals surface area contributed by atoms with Crippen molar-refractivity contribution in [3.63, 3.8) is 0 Å². The van der Waals surface area contributed by atoms with Crippen molar-refractivity contribution in [1.82, 2.24) is 5.01 Å². The molecule has 1 heterocycles. The molecule has 23 heavy (non-hydrogen) atoms. The molecule has 0 saturated heterocycles. The van der Waals surface area contributed by atoms with Gasteiger partial charge in [0.05, 0.1) is 12.1 Å². The van der Waals surface area contributed by atoms with Gasteiger partial charge in [-0.1, -0.05) is 45.0 Å². The van der Waals surface area contributed by atoms with Crippen LogP contribution in [0.5, 0.6) is 0 Å². The van der Waals surface area contributed by atoms with Gasteiger partial charge in [0.25, 0.3) is 5.72 Å². The molecule has 1 aromatic rings. The lowest BCUT2D eigenvalue weighted by molar-refractivity contribution is -0.303. The lowest BCUT2D eigenvalue weighted by Crippen LogP contribution is -2.57. The predicted molar refractivity (Wildman–Crippen MR) is 79.7 cm³/mol. The summed E-state index contributed by atoms with van der Waals surface area (Å²) in [5.74, 6) is -1.58. The lowest BCUT2D eigenvalue weighted by Gasteiger charge is -2.33. The van der Waals surface area contributed by atoms with Gasteiger partial charge in [-0.15, -0.1) is 0 Å². The molecule has 1 atom stereocenters. The minimum Gasteiger partial charge on any atom is -0.362 e. The molecule has 0 aromatic heterocycles. The van der Waals surface area contributed by atoms with Crippen LogP contribution in [0.4, 0.5) is 13.2 Å². The van der Waals surface area contributed by atoms with Gasteiger partial charge in [-0.2, -0.15) is 23.3 Å². The predicted octanol–water partition coefficient (Wildman–Crippen LogP) is 3.09. The van der Waals surface area contributed by atoms with Crippen molar-refractivity contribution < 1.29 is 23.1 Å². The van der Waals surface area contributed by atoms with Crippen molar-refractivity contribution in [3.8, 4) is 0 Å². The Kier molecular flexibility index (Phi) is 4.52. The molecule has 0 aliphatic carbocycles. The molecule has 0 saturated carbocycles.